The van der Waals surface area contributed by atoms with Crippen molar-refractivity contribution in [2.75, 3.05) is 12.0 Å². The van der Waals surface area contributed by atoms with Crippen LogP contribution in [0.1, 0.15) is 37.4 Å². The van der Waals surface area contributed by atoms with E-state index in [2.05, 4.69) is 0 Å². The maximum Gasteiger partial charge on any atom is 0.334 e. The van der Waals surface area contributed by atoms with E-state index < -0.39 is 5.72 Å². The van der Waals surface area contributed by atoms with Gasteiger partial charge in [-0.1, -0.05) is 60.7 Å². The summed E-state index contributed by atoms with van der Waals surface area (Å²) >= 11 is 0. The first-order chi connectivity index (χ1) is 16.9. The highest BCUT2D eigenvalue weighted by Gasteiger charge is 2.65. The molecule has 0 radical (unpaired) electrons. The molecule has 3 amide bonds. The maximum atomic E-state index is 14.1. The van der Waals surface area contributed by atoms with Crippen LogP contribution in [0.2, 0.25) is 0 Å². The van der Waals surface area contributed by atoms with Gasteiger partial charge in [-0.05, 0) is 49.2 Å². The lowest BCUT2D eigenvalue weighted by molar-refractivity contribution is -0.246. The SMILES string of the molecule is COc1cccc(C2CC3(ON2C(C)C)C(=O)N(c2ccccc2)C(=O)N3Cc2ccccc2)c1. The van der Waals surface area contributed by atoms with Crippen LogP contribution in [0.3, 0.4) is 0 Å². The molecule has 5 rings (SSSR count). The molecule has 2 fully saturated rings. The zero-order valence-electron chi connectivity index (χ0n) is 20.1. The quantitative estimate of drug-likeness (QED) is 0.466. The summed E-state index contributed by atoms with van der Waals surface area (Å²) < 4.78 is 5.44. The van der Waals surface area contributed by atoms with Crippen molar-refractivity contribution in [3.8, 4) is 5.75 Å². The smallest absolute Gasteiger partial charge is 0.334 e. The Bertz CT molecular complexity index is 1220. The topological polar surface area (TPSA) is 62.3 Å². The van der Waals surface area contributed by atoms with Gasteiger partial charge in [-0.25, -0.2) is 9.69 Å². The highest BCUT2D eigenvalue weighted by molar-refractivity contribution is 6.22. The van der Waals surface area contributed by atoms with Crippen LogP contribution < -0.4 is 9.64 Å². The predicted molar refractivity (Wildman–Crippen MR) is 132 cm³/mol. The summed E-state index contributed by atoms with van der Waals surface area (Å²) in [5.41, 5.74) is 0.961. The molecule has 0 N–H and O–H groups in total. The molecule has 7 nitrogen and oxygen atoms in total. The van der Waals surface area contributed by atoms with Crippen molar-refractivity contribution < 1.29 is 19.2 Å². The molecule has 0 bridgehead atoms. The number of nitrogens with zero attached hydrogens (tertiary/aromatic N) is 3. The minimum Gasteiger partial charge on any atom is -0.497 e. The van der Waals surface area contributed by atoms with E-state index in [9.17, 15) is 9.59 Å². The average molecular weight is 472 g/mol. The monoisotopic (exact) mass is 471 g/mol. The van der Waals surface area contributed by atoms with E-state index in [0.717, 1.165) is 16.9 Å². The first-order valence-corrected chi connectivity index (χ1v) is 11.8. The Morgan fingerprint density at radius 1 is 0.971 bits per heavy atom. The molecule has 35 heavy (non-hydrogen) atoms. The Morgan fingerprint density at radius 2 is 1.66 bits per heavy atom. The second-order valence-electron chi connectivity index (χ2n) is 9.16. The van der Waals surface area contributed by atoms with Gasteiger partial charge < -0.3 is 4.74 Å². The molecule has 2 unspecified atom stereocenters. The normalized spacial score (nSPS) is 22.6. The van der Waals surface area contributed by atoms with E-state index in [1.165, 1.54) is 4.90 Å². The summed E-state index contributed by atoms with van der Waals surface area (Å²) in [4.78, 5) is 37.3. The summed E-state index contributed by atoms with van der Waals surface area (Å²) in [6, 6.07) is 25.8. The number of hydrogen-bond acceptors (Lipinski definition) is 5. The van der Waals surface area contributed by atoms with Crippen LogP contribution in [0.4, 0.5) is 10.5 Å². The number of hydrogen-bond donors (Lipinski definition) is 0. The van der Waals surface area contributed by atoms with Gasteiger partial charge in [-0.15, -0.1) is 0 Å². The van der Waals surface area contributed by atoms with Crippen molar-refractivity contribution in [3.05, 3.63) is 96.1 Å². The Hall–Kier alpha value is -3.68. The third kappa shape index (κ3) is 3.96. The molecular formula is C28H29N3O4. The molecule has 2 saturated heterocycles. The van der Waals surface area contributed by atoms with Crippen LogP contribution in [-0.4, -0.2) is 40.8 Å². The lowest BCUT2D eigenvalue weighted by Crippen LogP contribution is -2.50. The van der Waals surface area contributed by atoms with Gasteiger partial charge in [0.2, 0.25) is 5.72 Å². The number of para-hydroxylation sites is 1. The third-order valence-corrected chi connectivity index (χ3v) is 6.61. The first-order valence-electron chi connectivity index (χ1n) is 11.8. The molecule has 2 aliphatic rings. The molecule has 7 heteroatoms. The summed E-state index contributed by atoms with van der Waals surface area (Å²) in [5, 5.41) is 1.84. The van der Waals surface area contributed by atoms with Crippen LogP contribution >= 0.6 is 0 Å². The number of rotatable bonds is 6. The number of amides is 3. The molecule has 2 atom stereocenters. The van der Waals surface area contributed by atoms with Gasteiger partial charge in [-0.2, -0.15) is 5.06 Å². The van der Waals surface area contributed by atoms with Crippen LogP contribution in [-0.2, 0) is 16.2 Å². The van der Waals surface area contributed by atoms with Crippen molar-refractivity contribution in [2.24, 2.45) is 0 Å². The number of ether oxygens (including phenoxy) is 1. The summed E-state index contributed by atoms with van der Waals surface area (Å²) in [7, 11) is 1.63. The molecule has 0 aliphatic carbocycles. The molecular weight excluding hydrogens is 442 g/mol. The van der Waals surface area contributed by atoms with E-state index >= 15 is 0 Å². The van der Waals surface area contributed by atoms with Crippen LogP contribution in [0.5, 0.6) is 5.75 Å². The van der Waals surface area contributed by atoms with Gasteiger partial charge in [0.15, 0.2) is 0 Å². The number of benzene rings is 3. The summed E-state index contributed by atoms with van der Waals surface area (Å²) in [6.45, 7) is 4.29. The number of carbonyl (C=O) groups excluding carboxylic acids is 2. The minimum atomic E-state index is -1.46. The Labute approximate surface area is 205 Å². The van der Waals surface area contributed by atoms with Crippen LogP contribution in [0.15, 0.2) is 84.9 Å². The van der Waals surface area contributed by atoms with Gasteiger partial charge in [0.25, 0.3) is 5.91 Å². The molecule has 3 aromatic rings. The largest absolute Gasteiger partial charge is 0.497 e. The standard InChI is InChI=1S/C28H29N3O4/c1-20(2)31-25(22-13-10-16-24(17-22)34-3)18-28(35-31)26(32)30(23-14-8-5-9-15-23)27(33)29(28)19-21-11-6-4-7-12-21/h4-17,20,25H,18-19H2,1-3H3. The predicted octanol–water partition coefficient (Wildman–Crippen LogP) is 5.15. The van der Waals surface area contributed by atoms with Crippen molar-refractivity contribution in [1.29, 1.82) is 0 Å². The maximum absolute atomic E-state index is 14.1. The second kappa shape index (κ2) is 9.17. The Kier molecular flexibility index (Phi) is 6.05. The number of anilines is 1. The molecule has 0 aromatic heterocycles. The molecule has 2 aliphatic heterocycles. The van der Waals surface area contributed by atoms with Gasteiger partial charge in [0.05, 0.1) is 25.4 Å². The van der Waals surface area contributed by atoms with Gasteiger partial charge in [0, 0.05) is 12.5 Å². The third-order valence-electron chi connectivity index (χ3n) is 6.61. The van der Waals surface area contributed by atoms with Gasteiger partial charge >= 0.3 is 6.03 Å². The molecule has 0 saturated carbocycles. The van der Waals surface area contributed by atoms with Crippen LogP contribution in [0, 0.1) is 0 Å². The average Bonchev–Trinajstić information content (AvgIpc) is 3.38. The molecule has 1 spiro atoms. The number of urea groups is 1. The van der Waals surface area contributed by atoms with Crippen molar-refractivity contribution in [2.45, 2.75) is 44.6 Å². The summed E-state index contributed by atoms with van der Waals surface area (Å²) in [6.07, 6.45) is 0.305. The molecule has 2 heterocycles. The Balaban J connectivity index is 1.60. The van der Waals surface area contributed by atoms with Crippen molar-refractivity contribution in [1.82, 2.24) is 9.96 Å². The zero-order chi connectivity index (χ0) is 24.6. The number of hydroxylamine groups is 2. The minimum absolute atomic E-state index is 0.0298. The van der Waals surface area contributed by atoms with Gasteiger partial charge in [0.1, 0.15) is 5.75 Å². The fourth-order valence-corrected chi connectivity index (χ4v) is 4.91. The zero-order valence-corrected chi connectivity index (χ0v) is 20.1. The lowest BCUT2D eigenvalue weighted by Gasteiger charge is -2.31. The summed E-state index contributed by atoms with van der Waals surface area (Å²) in [5.74, 6) is 0.355. The number of carbonyl (C=O) groups is 2. The van der Waals surface area contributed by atoms with E-state index in [-0.39, 0.29) is 30.6 Å². The van der Waals surface area contributed by atoms with E-state index in [1.54, 1.807) is 24.1 Å². The number of methoxy groups -OCH3 is 1. The van der Waals surface area contributed by atoms with E-state index in [0.29, 0.717) is 12.1 Å². The fourth-order valence-electron chi connectivity index (χ4n) is 4.91. The van der Waals surface area contributed by atoms with Crippen LogP contribution in [0.25, 0.3) is 0 Å². The van der Waals surface area contributed by atoms with Gasteiger partial charge in [-0.3, -0.25) is 14.5 Å². The van der Waals surface area contributed by atoms with E-state index in [1.807, 2.05) is 91.7 Å². The van der Waals surface area contributed by atoms with E-state index in [4.69, 9.17) is 9.57 Å². The fraction of sp³-hybridized carbons (Fsp3) is 0.286. The van der Waals surface area contributed by atoms with Crippen molar-refractivity contribution in [3.63, 3.8) is 0 Å². The second-order valence-corrected chi connectivity index (χ2v) is 9.16. The Morgan fingerprint density at radius 3 is 2.31 bits per heavy atom. The van der Waals surface area contributed by atoms with Crippen molar-refractivity contribution >= 4 is 17.6 Å². The first kappa shape index (κ1) is 23.1. The number of imide groups is 1. The molecule has 180 valence electrons. The highest BCUT2D eigenvalue weighted by Crippen LogP contribution is 2.49. The molecule has 3 aromatic carbocycles. The highest BCUT2D eigenvalue weighted by atomic mass is 16.7. The lowest BCUT2D eigenvalue weighted by atomic mass is 9.96.